The third-order valence-electron chi connectivity index (χ3n) is 1.84. The summed E-state index contributed by atoms with van der Waals surface area (Å²) in [5.74, 6) is 0. The van der Waals surface area contributed by atoms with E-state index in [1.165, 1.54) is 0 Å². The third-order valence-corrected chi connectivity index (χ3v) is 1.84. The molecule has 0 aromatic heterocycles. The SMILES string of the molecule is CC(C)(C)CCC(C)(C)OC=O. The van der Waals surface area contributed by atoms with Crippen LogP contribution < -0.4 is 0 Å². The maximum atomic E-state index is 10.1. The van der Waals surface area contributed by atoms with E-state index in [1.54, 1.807) is 0 Å². The summed E-state index contributed by atoms with van der Waals surface area (Å²) in [7, 11) is 0. The first-order valence-corrected chi connectivity index (χ1v) is 4.38. The summed E-state index contributed by atoms with van der Waals surface area (Å²) < 4.78 is 4.94. The van der Waals surface area contributed by atoms with Gasteiger partial charge in [0.05, 0.1) is 0 Å². The Bertz CT molecular complexity index is 142. The zero-order valence-corrected chi connectivity index (χ0v) is 8.81. The number of carbonyl (C=O) groups excluding carboxylic acids is 1. The molecule has 2 nitrogen and oxygen atoms in total. The van der Waals surface area contributed by atoms with Gasteiger partial charge in [-0.05, 0) is 32.1 Å². The number of ether oxygens (including phenoxy) is 1. The predicted molar refractivity (Wildman–Crippen MR) is 49.9 cm³/mol. The zero-order valence-electron chi connectivity index (χ0n) is 8.81. The summed E-state index contributed by atoms with van der Waals surface area (Å²) in [5.41, 5.74) is -0.00144. The van der Waals surface area contributed by atoms with Gasteiger partial charge in [-0.3, -0.25) is 4.79 Å². The molecule has 0 bridgehead atoms. The molecule has 0 aliphatic carbocycles. The molecule has 0 heterocycles. The molecule has 0 spiro atoms. The van der Waals surface area contributed by atoms with Gasteiger partial charge in [0.25, 0.3) is 6.47 Å². The first-order chi connectivity index (χ1) is 5.27. The molecule has 72 valence electrons. The molecule has 12 heavy (non-hydrogen) atoms. The Hall–Kier alpha value is -0.530. The number of hydrogen-bond donors (Lipinski definition) is 0. The molecule has 0 unspecified atom stereocenters. The van der Waals surface area contributed by atoms with Crippen molar-refractivity contribution in [2.24, 2.45) is 5.41 Å². The smallest absolute Gasteiger partial charge is 0.293 e. The van der Waals surface area contributed by atoms with Crippen molar-refractivity contribution in [3.05, 3.63) is 0 Å². The fraction of sp³-hybridized carbons (Fsp3) is 0.900. The van der Waals surface area contributed by atoms with Crippen LogP contribution in [0.2, 0.25) is 0 Å². The lowest BCUT2D eigenvalue weighted by molar-refractivity contribution is -0.141. The van der Waals surface area contributed by atoms with E-state index in [2.05, 4.69) is 20.8 Å². The molecule has 0 N–H and O–H groups in total. The molecule has 0 aromatic carbocycles. The van der Waals surface area contributed by atoms with E-state index in [0.29, 0.717) is 11.9 Å². The number of hydrogen-bond acceptors (Lipinski definition) is 2. The Morgan fingerprint density at radius 1 is 1.08 bits per heavy atom. The van der Waals surface area contributed by atoms with Crippen LogP contribution in [0.25, 0.3) is 0 Å². The molecule has 0 radical (unpaired) electrons. The Morgan fingerprint density at radius 3 is 1.92 bits per heavy atom. The lowest BCUT2D eigenvalue weighted by Crippen LogP contribution is -2.25. The Morgan fingerprint density at radius 2 is 1.58 bits per heavy atom. The van der Waals surface area contributed by atoms with Gasteiger partial charge < -0.3 is 4.74 Å². The van der Waals surface area contributed by atoms with Gasteiger partial charge in [-0.15, -0.1) is 0 Å². The topological polar surface area (TPSA) is 26.3 Å². The highest BCUT2D eigenvalue weighted by atomic mass is 16.5. The lowest BCUT2D eigenvalue weighted by Gasteiger charge is -2.27. The molecule has 2 heteroatoms. The average Bonchev–Trinajstić information content (AvgIpc) is 1.83. The van der Waals surface area contributed by atoms with E-state index in [4.69, 9.17) is 4.74 Å². The molecule has 0 aliphatic heterocycles. The van der Waals surface area contributed by atoms with Crippen molar-refractivity contribution in [1.82, 2.24) is 0 Å². The third kappa shape index (κ3) is 6.20. The Labute approximate surface area is 75.3 Å². The Balaban J connectivity index is 3.83. The van der Waals surface area contributed by atoms with Crippen molar-refractivity contribution in [3.63, 3.8) is 0 Å². The second-order valence-corrected chi connectivity index (χ2v) is 5.03. The van der Waals surface area contributed by atoms with Crippen LogP contribution in [0.3, 0.4) is 0 Å². The minimum atomic E-state index is -0.310. The molecular formula is C10H20O2. The zero-order chi connectivity index (χ0) is 9.83. The molecule has 0 saturated carbocycles. The highest BCUT2D eigenvalue weighted by molar-refractivity contribution is 5.38. The van der Waals surface area contributed by atoms with Crippen molar-refractivity contribution in [1.29, 1.82) is 0 Å². The van der Waals surface area contributed by atoms with Gasteiger partial charge in [0.1, 0.15) is 5.60 Å². The molecule has 0 saturated heterocycles. The van der Waals surface area contributed by atoms with Crippen molar-refractivity contribution in [2.45, 2.75) is 53.1 Å². The van der Waals surface area contributed by atoms with Crippen LogP contribution in [0.4, 0.5) is 0 Å². The van der Waals surface area contributed by atoms with Gasteiger partial charge in [0.2, 0.25) is 0 Å². The fourth-order valence-corrected chi connectivity index (χ4v) is 0.865. The number of carbonyl (C=O) groups is 1. The summed E-state index contributed by atoms with van der Waals surface area (Å²) >= 11 is 0. The maximum absolute atomic E-state index is 10.1. The predicted octanol–water partition coefficient (Wildman–Crippen LogP) is 2.76. The molecule has 0 atom stereocenters. The van der Waals surface area contributed by atoms with E-state index in [-0.39, 0.29) is 5.60 Å². The molecule has 0 aromatic rings. The van der Waals surface area contributed by atoms with E-state index in [9.17, 15) is 4.79 Å². The quantitative estimate of drug-likeness (QED) is 0.609. The van der Waals surface area contributed by atoms with Crippen LogP contribution in [-0.4, -0.2) is 12.1 Å². The minimum Gasteiger partial charge on any atom is -0.462 e. The van der Waals surface area contributed by atoms with E-state index in [1.807, 2.05) is 13.8 Å². The van der Waals surface area contributed by atoms with Gasteiger partial charge >= 0.3 is 0 Å². The normalized spacial score (nSPS) is 12.8. The van der Waals surface area contributed by atoms with Crippen LogP contribution in [0, 0.1) is 5.41 Å². The van der Waals surface area contributed by atoms with Gasteiger partial charge in [-0.2, -0.15) is 0 Å². The molecule has 0 aliphatic rings. The van der Waals surface area contributed by atoms with Crippen LogP contribution in [0.1, 0.15) is 47.5 Å². The average molecular weight is 172 g/mol. The van der Waals surface area contributed by atoms with Crippen LogP contribution in [0.5, 0.6) is 0 Å². The van der Waals surface area contributed by atoms with Crippen molar-refractivity contribution in [3.8, 4) is 0 Å². The van der Waals surface area contributed by atoms with Crippen LogP contribution in [0.15, 0.2) is 0 Å². The largest absolute Gasteiger partial charge is 0.462 e. The first-order valence-electron chi connectivity index (χ1n) is 4.38. The standard InChI is InChI=1S/C10H20O2/c1-9(2,3)6-7-10(4,5)12-8-11/h8H,6-7H2,1-5H3. The Kier molecular flexibility index (Phi) is 3.75. The summed E-state index contributed by atoms with van der Waals surface area (Å²) in [6, 6.07) is 0. The minimum absolute atomic E-state index is 0.309. The van der Waals surface area contributed by atoms with E-state index in [0.717, 1.165) is 12.8 Å². The molecule has 0 rings (SSSR count). The van der Waals surface area contributed by atoms with Gasteiger partial charge in [0.15, 0.2) is 0 Å². The highest BCUT2D eigenvalue weighted by Crippen LogP contribution is 2.26. The summed E-state index contributed by atoms with van der Waals surface area (Å²) in [6.07, 6.45) is 1.98. The van der Waals surface area contributed by atoms with E-state index < -0.39 is 0 Å². The summed E-state index contributed by atoms with van der Waals surface area (Å²) in [4.78, 5) is 10.1. The van der Waals surface area contributed by atoms with Gasteiger partial charge in [0, 0.05) is 0 Å². The van der Waals surface area contributed by atoms with Crippen molar-refractivity contribution in [2.75, 3.05) is 0 Å². The van der Waals surface area contributed by atoms with Crippen molar-refractivity contribution >= 4 is 6.47 Å². The first kappa shape index (κ1) is 11.5. The summed E-state index contributed by atoms with van der Waals surface area (Å²) in [6.45, 7) is 11.0. The lowest BCUT2D eigenvalue weighted by atomic mass is 9.86. The second-order valence-electron chi connectivity index (χ2n) is 5.03. The molecule has 0 fully saturated rings. The highest BCUT2D eigenvalue weighted by Gasteiger charge is 2.22. The summed E-state index contributed by atoms with van der Waals surface area (Å²) in [5, 5.41) is 0. The maximum Gasteiger partial charge on any atom is 0.293 e. The van der Waals surface area contributed by atoms with Crippen molar-refractivity contribution < 1.29 is 9.53 Å². The van der Waals surface area contributed by atoms with E-state index >= 15 is 0 Å². The van der Waals surface area contributed by atoms with Gasteiger partial charge in [-0.25, -0.2) is 0 Å². The van der Waals surface area contributed by atoms with Crippen LogP contribution >= 0.6 is 0 Å². The van der Waals surface area contributed by atoms with Gasteiger partial charge in [-0.1, -0.05) is 20.8 Å². The molecular weight excluding hydrogens is 152 g/mol. The van der Waals surface area contributed by atoms with Crippen LogP contribution in [-0.2, 0) is 9.53 Å². The monoisotopic (exact) mass is 172 g/mol. The second kappa shape index (κ2) is 3.92. The fourth-order valence-electron chi connectivity index (χ4n) is 0.865. The molecule has 0 amide bonds. The number of rotatable bonds is 4.